The summed E-state index contributed by atoms with van der Waals surface area (Å²) in [5.41, 5.74) is 9.28. The van der Waals surface area contributed by atoms with Crippen LogP contribution in [0, 0.1) is 5.92 Å². The van der Waals surface area contributed by atoms with Crippen molar-refractivity contribution in [1.82, 2.24) is 4.90 Å². The summed E-state index contributed by atoms with van der Waals surface area (Å²) in [7, 11) is 3.15. The highest BCUT2D eigenvalue weighted by molar-refractivity contribution is 5.95. The second-order valence-corrected chi connectivity index (χ2v) is 11.2. The molecule has 0 bridgehead atoms. The Morgan fingerprint density at radius 3 is 2.57 bits per heavy atom. The Balaban J connectivity index is 1.53. The largest absolute Gasteiger partial charge is 0.496 e. The molecule has 2 aliphatic rings. The fourth-order valence-electron chi connectivity index (χ4n) is 6.37. The molecule has 5 rings (SSSR count). The molecule has 234 valence electrons. The van der Waals surface area contributed by atoms with Gasteiger partial charge in [-0.15, -0.1) is 0 Å². The highest BCUT2D eigenvalue weighted by atomic mass is 16.7. The lowest BCUT2D eigenvalue weighted by Crippen LogP contribution is -2.45. The lowest BCUT2D eigenvalue weighted by Gasteiger charge is -2.30. The summed E-state index contributed by atoms with van der Waals surface area (Å²) in [5, 5.41) is 10.7. The van der Waals surface area contributed by atoms with Gasteiger partial charge in [-0.1, -0.05) is 43.7 Å². The normalized spacial score (nSPS) is 19.1. The van der Waals surface area contributed by atoms with Crippen molar-refractivity contribution in [1.29, 1.82) is 0 Å². The second kappa shape index (κ2) is 14.0. The number of para-hydroxylation sites is 1. The van der Waals surface area contributed by atoms with Crippen LogP contribution in [-0.4, -0.2) is 68.6 Å². The number of methoxy groups -OCH3 is 2. The van der Waals surface area contributed by atoms with Crippen LogP contribution >= 0.6 is 0 Å². The van der Waals surface area contributed by atoms with Gasteiger partial charge in [0.25, 0.3) is 0 Å². The molecule has 0 spiro atoms. The number of unbranched alkanes of at least 4 members (excludes halogenated alkanes) is 1. The first-order valence-electron chi connectivity index (χ1n) is 15.0. The predicted octanol–water partition coefficient (Wildman–Crippen LogP) is 4.44. The third kappa shape index (κ3) is 6.46. The van der Waals surface area contributed by atoms with Crippen LogP contribution in [0.15, 0.2) is 60.7 Å². The van der Waals surface area contributed by atoms with Gasteiger partial charge in [0.05, 0.1) is 26.7 Å². The maximum Gasteiger partial charge on any atom is 0.308 e. The predicted molar refractivity (Wildman–Crippen MR) is 167 cm³/mol. The number of nitrogens with two attached hydrogens (primary N) is 1. The highest BCUT2D eigenvalue weighted by Gasteiger charge is 2.48. The molecule has 10 nitrogen and oxygen atoms in total. The zero-order chi connectivity index (χ0) is 31.2. The minimum absolute atomic E-state index is 0.0539. The summed E-state index contributed by atoms with van der Waals surface area (Å²) in [6.45, 7) is 3.49. The Kier molecular flexibility index (Phi) is 9.92. The minimum atomic E-state index is -0.931. The highest BCUT2D eigenvalue weighted by Crippen LogP contribution is 2.47. The number of aliphatic carboxylic acids is 1. The summed E-state index contributed by atoms with van der Waals surface area (Å²) in [5.74, 6) is -0.0873. The maximum atomic E-state index is 14.1. The molecule has 1 saturated heterocycles. The monoisotopic (exact) mass is 603 g/mol. The van der Waals surface area contributed by atoms with Crippen LogP contribution in [0.4, 0.5) is 5.69 Å². The number of likely N-dealkylation sites (tertiary alicyclic amines) is 1. The first-order valence-corrected chi connectivity index (χ1v) is 15.0. The minimum Gasteiger partial charge on any atom is -0.496 e. The molecule has 2 heterocycles. The summed E-state index contributed by atoms with van der Waals surface area (Å²) in [6, 6.07) is 18.5. The molecule has 3 N–H and O–H groups in total. The van der Waals surface area contributed by atoms with Gasteiger partial charge >= 0.3 is 5.97 Å². The second-order valence-electron chi connectivity index (χ2n) is 11.2. The van der Waals surface area contributed by atoms with Crippen LogP contribution in [0.3, 0.4) is 0 Å². The molecule has 0 saturated carbocycles. The summed E-state index contributed by atoms with van der Waals surface area (Å²) < 4.78 is 22.5. The summed E-state index contributed by atoms with van der Waals surface area (Å²) >= 11 is 0. The van der Waals surface area contributed by atoms with Crippen molar-refractivity contribution < 1.29 is 33.6 Å². The van der Waals surface area contributed by atoms with Crippen LogP contribution in [0.1, 0.15) is 42.4 Å². The Bertz CT molecular complexity index is 1480. The van der Waals surface area contributed by atoms with Crippen LogP contribution < -0.4 is 29.6 Å². The first kappa shape index (κ1) is 31.2. The Labute approximate surface area is 258 Å². The van der Waals surface area contributed by atoms with Crippen LogP contribution in [-0.2, 0) is 22.6 Å². The number of anilines is 1. The lowest BCUT2D eigenvalue weighted by molar-refractivity contribution is -0.143. The molecule has 10 heteroatoms. The van der Waals surface area contributed by atoms with E-state index in [4.69, 9.17) is 24.7 Å². The number of nitrogens with zero attached hydrogens (tertiary/aromatic N) is 2. The molecular weight excluding hydrogens is 562 g/mol. The van der Waals surface area contributed by atoms with Gasteiger partial charge in [-0.25, -0.2) is 0 Å². The van der Waals surface area contributed by atoms with E-state index in [1.165, 1.54) is 0 Å². The van der Waals surface area contributed by atoms with E-state index in [0.717, 1.165) is 35.2 Å². The summed E-state index contributed by atoms with van der Waals surface area (Å²) in [6.07, 6.45) is 2.15. The first-order chi connectivity index (χ1) is 21.4. The molecule has 44 heavy (non-hydrogen) atoms. The van der Waals surface area contributed by atoms with Gasteiger partial charge in [-0.3, -0.25) is 14.5 Å². The van der Waals surface area contributed by atoms with E-state index < -0.39 is 23.8 Å². The third-order valence-electron chi connectivity index (χ3n) is 8.60. The van der Waals surface area contributed by atoms with Crippen molar-refractivity contribution in [3.63, 3.8) is 0 Å². The molecule has 3 atom stereocenters. The molecule has 0 radical (unpaired) electrons. The van der Waals surface area contributed by atoms with Gasteiger partial charge in [0.15, 0.2) is 11.5 Å². The van der Waals surface area contributed by atoms with Crippen molar-refractivity contribution in [2.24, 2.45) is 11.7 Å². The van der Waals surface area contributed by atoms with Gasteiger partial charge < -0.3 is 34.7 Å². The summed E-state index contributed by atoms with van der Waals surface area (Å²) in [4.78, 5) is 31.0. The number of hydrogen-bond donors (Lipinski definition) is 2. The number of carboxylic acid groups (broad SMARTS) is 1. The zero-order valence-electron chi connectivity index (χ0n) is 25.5. The fourth-order valence-corrected chi connectivity index (χ4v) is 6.37. The van der Waals surface area contributed by atoms with Gasteiger partial charge in [0.2, 0.25) is 18.4 Å². The number of carboxylic acids is 1. The SMILES string of the molecule is CCCCN(C(=O)CN1C[C@H](c2cc(OC)c3c(c2)OCO3)[C@@H](C(=O)O)[C@@H]1Cc1ccccc1OC)c1cccc(CN)c1. The third-order valence-corrected chi connectivity index (χ3v) is 8.60. The quantitative estimate of drug-likeness (QED) is 0.292. The van der Waals surface area contributed by atoms with Crippen molar-refractivity contribution in [2.75, 3.05) is 45.5 Å². The molecule has 0 aromatic heterocycles. The van der Waals surface area contributed by atoms with E-state index in [0.29, 0.717) is 49.1 Å². The van der Waals surface area contributed by atoms with E-state index in [2.05, 4.69) is 6.92 Å². The zero-order valence-corrected chi connectivity index (χ0v) is 25.5. The van der Waals surface area contributed by atoms with Crippen molar-refractivity contribution in [2.45, 2.75) is 44.7 Å². The van der Waals surface area contributed by atoms with E-state index in [-0.39, 0.29) is 19.2 Å². The average molecular weight is 604 g/mol. The maximum absolute atomic E-state index is 14.1. The van der Waals surface area contributed by atoms with Crippen molar-refractivity contribution >= 4 is 17.6 Å². The number of ether oxygens (including phenoxy) is 4. The van der Waals surface area contributed by atoms with Gasteiger partial charge in [0.1, 0.15) is 5.75 Å². The Morgan fingerprint density at radius 2 is 1.84 bits per heavy atom. The average Bonchev–Trinajstić information content (AvgIpc) is 3.66. The molecule has 0 unspecified atom stereocenters. The molecule has 3 aromatic rings. The molecule has 1 amide bonds. The molecule has 1 fully saturated rings. The number of hydrogen-bond acceptors (Lipinski definition) is 8. The van der Waals surface area contributed by atoms with Crippen LogP contribution in [0.5, 0.6) is 23.0 Å². The molecule has 0 aliphatic carbocycles. The molecular formula is C34H41N3O7. The van der Waals surface area contributed by atoms with Gasteiger partial charge in [-0.05, 0) is 59.9 Å². The smallest absolute Gasteiger partial charge is 0.308 e. The number of fused-ring (bicyclic) bond motifs is 1. The van der Waals surface area contributed by atoms with Crippen molar-refractivity contribution in [3.8, 4) is 23.0 Å². The van der Waals surface area contributed by atoms with E-state index in [1.807, 2.05) is 65.6 Å². The van der Waals surface area contributed by atoms with Gasteiger partial charge in [-0.2, -0.15) is 0 Å². The number of benzene rings is 3. The Hall–Kier alpha value is -4.28. The number of carbonyl (C=O) groups excluding carboxylic acids is 1. The standard InChI is InChI=1S/C34H41N3O7/c1-4-5-13-37(25-11-8-9-22(14-25)18-35)31(38)20-36-19-26(24-16-29(42-3)33-30(17-24)43-21-44-33)32(34(39)40)27(36)15-23-10-6-7-12-28(23)41-2/h6-12,14,16-17,26-27,32H,4-5,13,15,18-21,35H2,1-3H3,(H,39,40)/t26-,27+,32-/m1/s1. The fraction of sp³-hybridized carbons (Fsp3) is 0.412. The van der Waals surface area contributed by atoms with E-state index in [9.17, 15) is 14.7 Å². The lowest BCUT2D eigenvalue weighted by atomic mass is 9.83. The topological polar surface area (TPSA) is 124 Å². The van der Waals surface area contributed by atoms with Crippen LogP contribution in [0.2, 0.25) is 0 Å². The number of carbonyl (C=O) groups is 2. The molecule has 2 aliphatic heterocycles. The number of amides is 1. The Morgan fingerprint density at radius 1 is 1.05 bits per heavy atom. The number of rotatable bonds is 13. The molecule has 3 aromatic carbocycles. The van der Waals surface area contributed by atoms with E-state index >= 15 is 0 Å². The van der Waals surface area contributed by atoms with Gasteiger partial charge in [0, 0.05) is 37.3 Å². The van der Waals surface area contributed by atoms with E-state index in [1.54, 1.807) is 19.1 Å². The van der Waals surface area contributed by atoms with Crippen LogP contribution in [0.25, 0.3) is 0 Å². The van der Waals surface area contributed by atoms with Crippen molar-refractivity contribution in [3.05, 3.63) is 77.4 Å².